The van der Waals surface area contributed by atoms with Crippen LogP contribution in [0.15, 0.2) is 23.6 Å². The summed E-state index contributed by atoms with van der Waals surface area (Å²) < 4.78 is 13.5. The molecule has 1 aliphatic rings. The molecule has 0 saturated carbocycles. The minimum Gasteiger partial charge on any atom is -0.507 e. The summed E-state index contributed by atoms with van der Waals surface area (Å²) in [6.45, 7) is 4.27. The predicted octanol–water partition coefficient (Wildman–Crippen LogP) is 4.00. The van der Waals surface area contributed by atoms with Crippen LogP contribution in [0.2, 0.25) is 0 Å². The summed E-state index contributed by atoms with van der Waals surface area (Å²) in [5.41, 5.74) is 1.95. The van der Waals surface area contributed by atoms with E-state index >= 15 is 0 Å². The number of benzene rings is 1. The second kappa shape index (κ2) is 8.36. The number of thiophene rings is 1. The van der Waals surface area contributed by atoms with Gasteiger partial charge in [-0.25, -0.2) is 4.98 Å². The van der Waals surface area contributed by atoms with E-state index in [0.717, 1.165) is 42.6 Å². The number of anilines is 1. The molecule has 1 atom stereocenters. The van der Waals surface area contributed by atoms with Crippen molar-refractivity contribution in [2.45, 2.75) is 32.2 Å². The number of hydrogen-bond acceptors (Lipinski definition) is 7. The molecule has 8 heteroatoms. The fourth-order valence-corrected chi connectivity index (χ4v) is 4.57. The van der Waals surface area contributed by atoms with E-state index in [9.17, 15) is 9.50 Å². The van der Waals surface area contributed by atoms with Gasteiger partial charge in [0.15, 0.2) is 0 Å². The van der Waals surface area contributed by atoms with E-state index < -0.39 is 0 Å². The van der Waals surface area contributed by atoms with E-state index in [1.165, 1.54) is 0 Å². The molecule has 2 N–H and O–H groups in total. The Morgan fingerprint density at radius 1 is 1.32 bits per heavy atom. The van der Waals surface area contributed by atoms with Crippen molar-refractivity contribution in [3.05, 3.63) is 29.3 Å². The summed E-state index contributed by atoms with van der Waals surface area (Å²) in [5, 5.41) is 25.3. The molecule has 6 nitrogen and oxygen atoms in total. The normalized spacial score (nSPS) is 17.9. The molecule has 148 valence electrons. The number of hydrogen-bond donors (Lipinski definition) is 2. The number of nitrogens with one attached hydrogen (secondary N) is 1. The molecule has 1 aromatic carbocycles. The van der Waals surface area contributed by atoms with Crippen molar-refractivity contribution in [2.75, 3.05) is 31.6 Å². The lowest BCUT2D eigenvalue weighted by Crippen LogP contribution is -2.42. The van der Waals surface area contributed by atoms with Crippen LogP contribution in [0, 0.1) is 6.92 Å². The number of phenols is 1. The SMILES string of the molecule is Cc1nc(N[C@@H]2CCCN(CCCF)C2)nnc1-c1ccc2sccc2c1O. The number of nitrogens with zero attached hydrogens (tertiary/aromatic N) is 4. The molecule has 0 unspecified atom stereocenters. The van der Waals surface area contributed by atoms with Gasteiger partial charge < -0.3 is 15.3 Å². The molecule has 0 amide bonds. The van der Waals surface area contributed by atoms with Crippen LogP contribution in [0.3, 0.4) is 0 Å². The minimum atomic E-state index is -0.272. The van der Waals surface area contributed by atoms with Gasteiger partial charge in [-0.15, -0.1) is 21.5 Å². The highest BCUT2D eigenvalue weighted by atomic mass is 32.1. The first-order valence-electron chi connectivity index (χ1n) is 9.61. The number of phenolic OH excluding ortho intramolecular Hbond substituents is 1. The van der Waals surface area contributed by atoms with Gasteiger partial charge in [0, 0.05) is 34.8 Å². The molecule has 1 saturated heterocycles. The average Bonchev–Trinajstić information content (AvgIpc) is 3.18. The maximum atomic E-state index is 12.4. The van der Waals surface area contributed by atoms with Gasteiger partial charge in [-0.2, -0.15) is 0 Å². The number of aromatic hydroxyl groups is 1. The lowest BCUT2D eigenvalue weighted by molar-refractivity contribution is 0.207. The lowest BCUT2D eigenvalue weighted by atomic mass is 10.1. The molecule has 3 aromatic rings. The molecule has 0 radical (unpaired) electrons. The van der Waals surface area contributed by atoms with Crippen LogP contribution in [0.4, 0.5) is 10.3 Å². The summed E-state index contributed by atoms with van der Waals surface area (Å²) in [5.74, 6) is 0.712. The standard InChI is InChI=1S/C20H24FN5OS/c1-13-18(16-5-6-17-15(19(16)27)7-11-28-17)24-25-20(22-13)23-14-4-2-9-26(12-14)10-3-8-21/h5-7,11,14,27H,2-4,8-10,12H2,1H3,(H,22,23,25)/t14-/m1/s1. The van der Waals surface area contributed by atoms with Crippen LogP contribution in [0.1, 0.15) is 25.0 Å². The Morgan fingerprint density at radius 2 is 2.21 bits per heavy atom. The Morgan fingerprint density at radius 3 is 3.04 bits per heavy atom. The summed E-state index contributed by atoms with van der Waals surface area (Å²) in [7, 11) is 0. The Balaban J connectivity index is 1.50. The van der Waals surface area contributed by atoms with E-state index in [0.29, 0.717) is 29.3 Å². The van der Waals surface area contributed by atoms with Gasteiger partial charge in [-0.3, -0.25) is 4.39 Å². The van der Waals surface area contributed by atoms with Gasteiger partial charge in [-0.1, -0.05) is 0 Å². The Kier molecular flexibility index (Phi) is 5.68. The number of likely N-dealkylation sites (tertiary alicyclic amines) is 1. The zero-order chi connectivity index (χ0) is 19.5. The number of aromatic nitrogens is 3. The van der Waals surface area contributed by atoms with E-state index in [1.807, 2.05) is 30.5 Å². The third kappa shape index (κ3) is 3.93. The minimum absolute atomic E-state index is 0.217. The number of halogens is 1. The van der Waals surface area contributed by atoms with Gasteiger partial charge in [0.05, 0.1) is 12.4 Å². The number of alkyl halides is 1. The van der Waals surface area contributed by atoms with Crippen molar-refractivity contribution in [1.82, 2.24) is 20.1 Å². The fraction of sp³-hybridized carbons (Fsp3) is 0.450. The monoisotopic (exact) mass is 401 g/mol. The second-order valence-corrected chi connectivity index (χ2v) is 8.14. The average molecular weight is 402 g/mol. The van der Waals surface area contributed by atoms with E-state index in [2.05, 4.69) is 25.4 Å². The zero-order valence-corrected chi connectivity index (χ0v) is 16.7. The van der Waals surface area contributed by atoms with Crippen molar-refractivity contribution in [3.63, 3.8) is 0 Å². The molecular weight excluding hydrogens is 377 g/mol. The molecule has 1 aliphatic heterocycles. The van der Waals surface area contributed by atoms with Crippen LogP contribution in [0.25, 0.3) is 21.3 Å². The highest BCUT2D eigenvalue weighted by Gasteiger charge is 2.21. The van der Waals surface area contributed by atoms with Crippen LogP contribution >= 0.6 is 11.3 Å². The number of rotatable bonds is 6. The van der Waals surface area contributed by atoms with Crippen molar-refractivity contribution >= 4 is 27.4 Å². The van der Waals surface area contributed by atoms with Gasteiger partial charge in [0.25, 0.3) is 0 Å². The summed E-state index contributed by atoms with van der Waals surface area (Å²) in [6, 6.07) is 5.99. The van der Waals surface area contributed by atoms with Crippen LogP contribution in [-0.4, -0.2) is 57.5 Å². The lowest BCUT2D eigenvalue weighted by Gasteiger charge is -2.32. The summed E-state index contributed by atoms with van der Waals surface area (Å²) in [4.78, 5) is 6.85. The molecule has 0 aliphatic carbocycles. The number of aryl methyl sites for hydroxylation is 1. The molecule has 4 rings (SSSR count). The first-order valence-corrected chi connectivity index (χ1v) is 10.5. The maximum Gasteiger partial charge on any atom is 0.243 e. The van der Waals surface area contributed by atoms with Gasteiger partial charge in [0.1, 0.15) is 11.4 Å². The van der Waals surface area contributed by atoms with E-state index in [4.69, 9.17) is 0 Å². The molecular formula is C20H24FN5OS. The quantitative estimate of drug-likeness (QED) is 0.650. The Hall–Kier alpha value is -2.32. The highest BCUT2D eigenvalue weighted by molar-refractivity contribution is 7.17. The number of fused-ring (bicyclic) bond motifs is 1. The summed E-state index contributed by atoms with van der Waals surface area (Å²) >= 11 is 1.59. The van der Waals surface area contributed by atoms with E-state index in [-0.39, 0.29) is 18.5 Å². The van der Waals surface area contributed by atoms with Gasteiger partial charge in [0.2, 0.25) is 5.95 Å². The molecule has 1 fully saturated rings. The number of piperidine rings is 1. The zero-order valence-electron chi connectivity index (χ0n) is 15.9. The van der Waals surface area contributed by atoms with Crippen molar-refractivity contribution in [2.24, 2.45) is 0 Å². The topological polar surface area (TPSA) is 74.2 Å². The third-order valence-corrected chi connectivity index (χ3v) is 6.05. The first kappa shape index (κ1) is 19.0. The maximum absolute atomic E-state index is 12.4. The molecule has 28 heavy (non-hydrogen) atoms. The second-order valence-electron chi connectivity index (χ2n) is 7.19. The van der Waals surface area contributed by atoms with E-state index in [1.54, 1.807) is 11.3 Å². The molecule has 3 heterocycles. The van der Waals surface area contributed by atoms with Crippen molar-refractivity contribution in [3.8, 4) is 17.0 Å². The summed E-state index contributed by atoms with van der Waals surface area (Å²) in [6.07, 6.45) is 2.69. The third-order valence-electron chi connectivity index (χ3n) is 5.17. The van der Waals surface area contributed by atoms with Gasteiger partial charge in [-0.05, 0) is 56.3 Å². The largest absolute Gasteiger partial charge is 0.507 e. The molecule has 0 bridgehead atoms. The van der Waals surface area contributed by atoms with Crippen LogP contribution < -0.4 is 5.32 Å². The predicted molar refractivity (Wildman–Crippen MR) is 111 cm³/mol. The highest BCUT2D eigenvalue weighted by Crippen LogP contribution is 2.37. The van der Waals surface area contributed by atoms with Crippen molar-refractivity contribution < 1.29 is 9.50 Å². The smallest absolute Gasteiger partial charge is 0.243 e. The molecule has 0 spiro atoms. The Labute approximate surface area is 167 Å². The van der Waals surface area contributed by atoms with Crippen LogP contribution in [0.5, 0.6) is 5.75 Å². The fourth-order valence-electron chi connectivity index (χ4n) is 3.78. The first-order chi connectivity index (χ1) is 13.7. The van der Waals surface area contributed by atoms with Gasteiger partial charge >= 0.3 is 0 Å². The van der Waals surface area contributed by atoms with Crippen molar-refractivity contribution in [1.29, 1.82) is 0 Å². The molecule has 2 aromatic heterocycles. The Bertz CT molecular complexity index is 963. The van der Waals surface area contributed by atoms with Crippen LogP contribution in [-0.2, 0) is 0 Å².